The van der Waals surface area contributed by atoms with Gasteiger partial charge in [-0.25, -0.2) is 0 Å². The van der Waals surface area contributed by atoms with E-state index in [0.717, 1.165) is 12.8 Å². The van der Waals surface area contributed by atoms with Gasteiger partial charge in [0.1, 0.15) is 0 Å². The van der Waals surface area contributed by atoms with Crippen LogP contribution in [0.5, 0.6) is 0 Å². The van der Waals surface area contributed by atoms with Crippen molar-refractivity contribution >= 4 is 12.7 Å². The molecule has 0 bridgehead atoms. The summed E-state index contributed by atoms with van der Waals surface area (Å²) in [5, 5.41) is 11.7. The second-order valence-corrected chi connectivity index (χ2v) is 10.6. The van der Waals surface area contributed by atoms with Crippen LogP contribution in [0.3, 0.4) is 0 Å². The van der Waals surface area contributed by atoms with Gasteiger partial charge < -0.3 is 9.63 Å². The van der Waals surface area contributed by atoms with Crippen molar-refractivity contribution in [1.29, 1.82) is 0 Å². The zero-order chi connectivity index (χ0) is 19.4. The van der Waals surface area contributed by atoms with E-state index in [0.29, 0.717) is 28.6 Å². The lowest BCUT2D eigenvalue weighted by atomic mass is 9.75. The number of rotatable bonds is 6. The molecule has 4 heteroatoms. The van der Waals surface area contributed by atoms with E-state index in [1.54, 1.807) is 0 Å². The van der Waals surface area contributed by atoms with Crippen LogP contribution in [0.1, 0.15) is 51.4 Å². The van der Waals surface area contributed by atoms with Crippen molar-refractivity contribution in [1.82, 2.24) is 0 Å². The molecule has 0 aliphatic heterocycles. The summed E-state index contributed by atoms with van der Waals surface area (Å²) in [6.45, 7) is 6.64. The normalized spacial score (nSPS) is 26.5. The number of aliphatic hydroxyl groups excluding tert-OH is 1. The van der Waals surface area contributed by atoms with Crippen molar-refractivity contribution in [2.45, 2.75) is 52.0 Å². The highest BCUT2D eigenvalue weighted by Crippen LogP contribution is 2.60. The SMILES string of the molecule is CC1CCC(C(C)C)C(OP(=O)(c2ccccc2)C(O)c2ccccc2)C1. The van der Waals surface area contributed by atoms with Crippen molar-refractivity contribution in [2.24, 2.45) is 17.8 Å². The lowest BCUT2D eigenvalue weighted by Gasteiger charge is -2.39. The van der Waals surface area contributed by atoms with E-state index in [1.165, 1.54) is 6.42 Å². The highest BCUT2D eigenvalue weighted by atomic mass is 31.2. The Bertz CT molecular complexity index is 760. The number of hydrogen-bond acceptors (Lipinski definition) is 3. The zero-order valence-electron chi connectivity index (χ0n) is 16.5. The molecule has 5 unspecified atom stereocenters. The van der Waals surface area contributed by atoms with Crippen LogP contribution >= 0.6 is 7.37 Å². The van der Waals surface area contributed by atoms with Crippen LogP contribution in [-0.2, 0) is 9.09 Å². The average molecular weight is 386 g/mol. The largest absolute Gasteiger partial charge is 0.378 e. The van der Waals surface area contributed by atoms with Gasteiger partial charge in [-0.2, -0.15) is 0 Å². The maximum atomic E-state index is 14.2. The Labute approximate surface area is 163 Å². The van der Waals surface area contributed by atoms with Crippen molar-refractivity contribution in [3.05, 3.63) is 66.2 Å². The van der Waals surface area contributed by atoms with Gasteiger partial charge in [0.15, 0.2) is 5.85 Å². The Balaban J connectivity index is 1.98. The van der Waals surface area contributed by atoms with Gasteiger partial charge >= 0.3 is 0 Å². The first-order valence-electron chi connectivity index (χ1n) is 9.98. The summed E-state index contributed by atoms with van der Waals surface area (Å²) < 4.78 is 20.6. The van der Waals surface area contributed by atoms with Gasteiger partial charge in [-0.3, -0.25) is 4.57 Å². The first-order valence-corrected chi connectivity index (χ1v) is 11.7. The molecule has 146 valence electrons. The summed E-state index contributed by atoms with van der Waals surface area (Å²) in [7, 11) is -3.50. The Morgan fingerprint density at radius 3 is 2.19 bits per heavy atom. The lowest BCUT2D eigenvalue weighted by molar-refractivity contribution is 0.0427. The molecule has 2 aromatic rings. The van der Waals surface area contributed by atoms with Crippen LogP contribution in [-0.4, -0.2) is 11.2 Å². The molecule has 0 saturated heterocycles. The maximum absolute atomic E-state index is 14.2. The molecule has 3 rings (SSSR count). The third-order valence-corrected chi connectivity index (χ3v) is 8.33. The van der Waals surface area contributed by atoms with Crippen molar-refractivity contribution < 1.29 is 14.2 Å². The van der Waals surface area contributed by atoms with E-state index < -0.39 is 13.2 Å². The molecule has 27 heavy (non-hydrogen) atoms. The lowest BCUT2D eigenvalue weighted by Crippen LogP contribution is -2.35. The van der Waals surface area contributed by atoms with Gasteiger partial charge in [0.05, 0.1) is 6.10 Å². The molecule has 0 aromatic heterocycles. The highest BCUT2D eigenvalue weighted by molar-refractivity contribution is 7.67. The summed E-state index contributed by atoms with van der Waals surface area (Å²) in [6, 6.07) is 18.4. The van der Waals surface area contributed by atoms with E-state index in [1.807, 2.05) is 60.7 Å². The molecule has 0 amide bonds. The predicted octanol–water partition coefficient (Wildman–Crippen LogP) is 5.76. The van der Waals surface area contributed by atoms with E-state index in [-0.39, 0.29) is 6.10 Å². The molecule has 0 spiro atoms. The first-order chi connectivity index (χ1) is 12.9. The molecule has 2 aromatic carbocycles. The minimum absolute atomic E-state index is 0.0989. The highest BCUT2D eigenvalue weighted by Gasteiger charge is 2.42. The summed E-state index contributed by atoms with van der Waals surface area (Å²) in [6.07, 6.45) is 3.05. The molecule has 5 atom stereocenters. The summed E-state index contributed by atoms with van der Waals surface area (Å²) in [4.78, 5) is 0. The third-order valence-electron chi connectivity index (χ3n) is 5.79. The van der Waals surface area contributed by atoms with E-state index >= 15 is 0 Å². The van der Waals surface area contributed by atoms with Gasteiger partial charge in [-0.15, -0.1) is 0 Å². The standard InChI is InChI=1S/C23H31O3P/c1-17(2)21-15-14-18(3)16-22(21)26-27(25,20-12-8-5-9-13-20)23(24)19-10-6-4-7-11-19/h4-13,17-18,21-24H,14-16H2,1-3H3. The fourth-order valence-electron chi connectivity index (χ4n) is 4.15. The second-order valence-electron chi connectivity index (χ2n) is 8.19. The molecule has 0 heterocycles. The van der Waals surface area contributed by atoms with Crippen LogP contribution in [0.4, 0.5) is 0 Å². The number of hydrogen-bond donors (Lipinski definition) is 1. The van der Waals surface area contributed by atoms with E-state index in [4.69, 9.17) is 4.52 Å². The topological polar surface area (TPSA) is 46.5 Å². The fraction of sp³-hybridized carbons (Fsp3) is 0.478. The second kappa shape index (κ2) is 8.73. The quantitative estimate of drug-likeness (QED) is 0.642. The fourth-order valence-corrected chi connectivity index (χ4v) is 6.47. The molecular formula is C23H31O3P. The summed E-state index contributed by atoms with van der Waals surface area (Å²) >= 11 is 0. The van der Waals surface area contributed by atoms with Crippen LogP contribution < -0.4 is 5.30 Å². The molecule has 3 nitrogen and oxygen atoms in total. The Kier molecular flexibility index (Phi) is 6.57. The Morgan fingerprint density at radius 2 is 1.59 bits per heavy atom. The Hall–Kier alpha value is -1.41. The van der Waals surface area contributed by atoms with E-state index in [9.17, 15) is 9.67 Å². The molecular weight excluding hydrogens is 355 g/mol. The van der Waals surface area contributed by atoms with Gasteiger partial charge in [0.2, 0.25) is 0 Å². The van der Waals surface area contributed by atoms with Crippen LogP contribution in [0, 0.1) is 17.8 Å². The van der Waals surface area contributed by atoms with E-state index in [2.05, 4.69) is 20.8 Å². The van der Waals surface area contributed by atoms with Gasteiger partial charge in [0, 0.05) is 5.30 Å². The molecule has 0 radical (unpaired) electrons. The molecule has 1 aliphatic rings. The molecule has 1 N–H and O–H groups in total. The van der Waals surface area contributed by atoms with Crippen molar-refractivity contribution in [3.8, 4) is 0 Å². The third kappa shape index (κ3) is 4.54. The summed E-state index contributed by atoms with van der Waals surface area (Å²) in [5.41, 5.74) is 0.634. The van der Waals surface area contributed by atoms with Crippen LogP contribution in [0.25, 0.3) is 0 Å². The van der Waals surface area contributed by atoms with Crippen molar-refractivity contribution in [2.75, 3.05) is 0 Å². The molecule has 1 saturated carbocycles. The predicted molar refractivity (Wildman–Crippen MR) is 111 cm³/mol. The zero-order valence-corrected chi connectivity index (χ0v) is 17.4. The first kappa shape index (κ1) is 20.3. The minimum atomic E-state index is -3.50. The van der Waals surface area contributed by atoms with Crippen LogP contribution in [0.15, 0.2) is 60.7 Å². The number of aliphatic hydroxyl groups is 1. The van der Waals surface area contributed by atoms with Gasteiger partial charge in [-0.05, 0) is 48.3 Å². The number of benzene rings is 2. The van der Waals surface area contributed by atoms with Crippen molar-refractivity contribution in [3.63, 3.8) is 0 Å². The van der Waals surface area contributed by atoms with Gasteiger partial charge in [0.25, 0.3) is 7.37 Å². The summed E-state index contributed by atoms with van der Waals surface area (Å²) in [5.74, 6) is 0.205. The average Bonchev–Trinajstić information content (AvgIpc) is 2.68. The molecule has 1 fully saturated rings. The van der Waals surface area contributed by atoms with Gasteiger partial charge in [-0.1, -0.05) is 75.7 Å². The monoisotopic (exact) mass is 386 g/mol. The smallest absolute Gasteiger partial charge is 0.264 e. The Morgan fingerprint density at radius 1 is 1.00 bits per heavy atom. The van der Waals surface area contributed by atoms with Crippen LogP contribution in [0.2, 0.25) is 0 Å². The molecule has 1 aliphatic carbocycles. The minimum Gasteiger partial charge on any atom is -0.378 e. The maximum Gasteiger partial charge on any atom is 0.264 e.